The van der Waals surface area contributed by atoms with Gasteiger partial charge in [0.1, 0.15) is 23.8 Å². The molecule has 4 heterocycles. The van der Waals surface area contributed by atoms with E-state index >= 15 is 0 Å². The standard InChI is InChI=1S/C31H41BrN6O5/c1-6-13-35(14-7-2)28(40)24-25-29(41)38(23(17-39)19(4)5)27(31(25)16-20(32)26(24)43-31)30(42)36(15-8-3)18-37-22-12-10-9-11-21(22)33-34-37/h6,8-12,19-20,23-27,39H,1,3,7,13-18H2,2,4-5H3/t20?,23-,24-,25-,26-,27?,31?/m0/s1. The fraction of sp³-hybridized carbons (Fsp3) is 0.581. The molecule has 7 atom stereocenters. The van der Waals surface area contributed by atoms with E-state index in [2.05, 4.69) is 39.4 Å². The second-order valence-electron chi connectivity index (χ2n) is 12.0. The number of carbonyl (C=O) groups is 3. The molecular formula is C31H41BrN6O5. The van der Waals surface area contributed by atoms with Crippen molar-refractivity contribution in [2.45, 2.75) is 68.9 Å². The summed E-state index contributed by atoms with van der Waals surface area (Å²) in [5, 5.41) is 19.0. The quantitative estimate of drug-likeness (QED) is 0.260. The Balaban J connectivity index is 1.59. The molecule has 0 radical (unpaired) electrons. The van der Waals surface area contributed by atoms with E-state index in [1.807, 2.05) is 45.0 Å². The van der Waals surface area contributed by atoms with E-state index in [4.69, 9.17) is 4.74 Å². The van der Waals surface area contributed by atoms with Crippen molar-refractivity contribution < 1.29 is 24.2 Å². The zero-order chi connectivity index (χ0) is 31.1. The summed E-state index contributed by atoms with van der Waals surface area (Å²) < 4.78 is 8.35. The Morgan fingerprint density at radius 3 is 2.56 bits per heavy atom. The summed E-state index contributed by atoms with van der Waals surface area (Å²) in [6.07, 6.45) is 3.87. The van der Waals surface area contributed by atoms with Gasteiger partial charge in [0.2, 0.25) is 17.7 Å². The van der Waals surface area contributed by atoms with Gasteiger partial charge in [0, 0.05) is 24.5 Å². The lowest BCUT2D eigenvalue weighted by Gasteiger charge is -2.40. The SMILES string of the molecule is C=CCN(Cn1nnc2ccccc21)C(=O)C1N([C@@H](CO)C(C)C)C(=O)[C@@H]2[C@H](C(=O)N(CC=C)CCC)[C@H]3OC12CC3Br. The maximum absolute atomic E-state index is 14.8. The molecule has 3 saturated heterocycles. The number of nitrogens with zero attached hydrogens (tertiary/aromatic N) is 6. The molecular weight excluding hydrogens is 616 g/mol. The number of para-hydroxylation sites is 1. The molecule has 3 aliphatic heterocycles. The number of fused-ring (bicyclic) bond motifs is 2. The number of ether oxygens (including phenoxy) is 1. The van der Waals surface area contributed by atoms with Gasteiger partial charge in [0.25, 0.3) is 0 Å². The number of likely N-dealkylation sites (tertiary alicyclic amines) is 1. The Morgan fingerprint density at radius 2 is 1.91 bits per heavy atom. The molecule has 1 aromatic carbocycles. The van der Waals surface area contributed by atoms with Gasteiger partial charge in [-0.15, -0.1) is 18.3 Å². The monoisotopic (exact) mass is 656 g/mol. The first-order valence-corrected chi connectivity index (χ1v) is 15.9. The van der Waals surface area contributed by atoms with E-state index in [1.165, 1.54) is 4.90 Å². The van der Waals surface area contributed by atoms with E-state index in [9.17, 15) is 19.5 Å². The molecule has 2 bridgehead atoms. The summed E-state index contributed by atoms with van der Waals surface area (Å²) in [4.78, 5) is 48.0. The lowest BCUT2D eigenvalue weighted by Crippen LogP contribution is -2.60. The van der Waals surface area contributed by atoms with E-state index in [1.54, 1.807) is 26.6 Å². The van der Waals surface area contributed by atoms with Crippen LogP contribution in [0.1, 0.15) is 33.6 Å². The largest absolute Gasteiger partial charge is 0.394 e. The van der Waals surface area contributed by atoms with Crippen molar-refractivity contribution in [3.8, 4) is 0 Å². The summed E-state index contributed by atoms with van der Waals surface area (Å²) in [5.41, 5.74) is 0.214. The Kier molecular flexibility index (Phi) is 9.10. The number of carbonyl (C=O) groups excluding carboxylic acids is 3. The molecule has 1 aromatic heterocycles. The molecule has 1 N–H and O–H groups in total. The minimum Gasteiger partial charge on any atom is -0.394 e. The third-order valence-corrected chi connectivity index (χ3v) is 9.95. The fourth-order valence-electron chi connectivity index (χ4n) is 7.26. The predicted octanol–water partition coefficient (Wildman–Crippen LogP) is 2.59. The number of aliphatic hydroxyl groups is 1. The highest BCUT2D eigenvalue weighted by Crippen LogP contribution is 2.61. The predicted molar refractivity (Wildman–Crippen MR) is 165 cm³/mol. The zero-order valence-electron chi connectivity index (χ0n) is 25.0. The van der Waals surface area contributed by atoms with Gasteiger partial charge in [-0.25, -0.2) is 4.68 Å². The highest BCUT2D eigenvalue weighted by Gasteiger charge is 2.77. The summed E-state index contributed by atoms with van der Waals surface area (Å²) in [5.74, 6) is -2.63. The molecule has 2 aromatic rings. The Bertz CT molecular complexity index is 1400. The van der Waals surface area contributed by atoms with E-state index in [0.717, 1.165) is 11.9 Å². The van der Waals surface area contributed by atoms with Crippen LogP contribution in [0.4, 0.5) is 0 Å². The third kappa shape index (κ3) is 5.10. The maximum atomic E-state index is 14.8. The second kappa shape index (κ2) is 12.5. The molecule has 3 aliphatic rings. The molecule has 3 fully saturated rings. The Hall–Kier alpha value is -3.09. The second-order valence-corrected chi connectivity index (χ2v) is 13.2. The van der Waals surface area contributed by atoms with Crippen molar-refractivity contribution in [2.24, 2.45) is 17.8 Å². The van der Waals surface area contributed by atoms with Crippen LogP contribution in [0.15, 0.2) is 49.6 Å². The lowest BCUT2D eigenvalue weighted by molar-refractivity contribution is -0.153. The highest BCUT2D eigenvalue weighted by molar-refractivity contribution is 9.09. The van der Waals surface area contributed by atoms with Gasteiger partial charge in [-0.05, 0) is 30.9 Å². The first-order chi connectivity index (χ1) is 20.6. The number of amides is 3. The number of alkyl halides is 1. The molecule has 1 spiro atoms. The molecule has 11 nitrogen and oxygen atoms in total. The molecule has 0 saturated carbocycles. The van der Waals surface area contributed by atoms with Crippen LogP contribution < -0.4 is 0 Å². The van der Waals surface area contributed by atoms with Gasteiger partial charge in [-0.2, -0.15) is 0 Å². The first kappa shape index (κ1) is 31.3. The van der Waals surface area contributed by atoms with Crippen LogP contribution in [0.3, 0.4) is 0 Å². The average Bonchev–Trinajstić information content (AvgIpc) is 3.70. The smallest absolute Gasteiger partial charge is 0.250 e. The zero-order valence-corrected chi connectivity index (χ0v) is 26.6. The molecule has 43 heavy (non-hydrogen) atoms. The lowest BCUT2D eigenvalue weighted by atomic mass is 9.70. The van der Waals surface area contributed by atoms with Gasteiger partial charge < -0.3 is 24.5 Å². The number of hydrogen-bond acceptors (Lipinski definition) is 7. The molecule has 0 aliphatic carbocycles. The van der Waals surface area contributed by atoms with E-state index in [-0.39, 0.29) is 48.3 Å². The van der Waals surface area contributed by atoms with Gasteiger partial charge in [-0.3, -0.25) is 14.4 Å². The van der Waals surface area contributed by atoms with Crippen molar-refractivity contribution in [1.82, 2.24) is 29.7 Å². The highest BCUT2D eigenvalue weighted by atomic mass is 79.9. The van der Waals surface area contributed by atoms with Gasteiger partial charge in [0.15, 0.2) is 0 Å². The number of aromatic nitrogens is 3. The summed E-state index contributed by atoms with van der Waals surface area (Å²) in [7, 11) is 0. The topological polar surface area (TPSA) is 121 Å². The van der Waals surface area contributed by atoms with Gasteiger partial charge in [-0.1, -0.05) is 66.2 Å². The van der Waals surface area contributed by atoms with Gasteiger partial charge in [0.05, 0.1) is 36.1 Å². The minimum absolute atomic E-state index is 0.0727. The third-order valence-electron chi connectivity index (χ3n) is 9.10. The normalized spacial score (nSPS) is 28.4. The van der Waals surface area contributed by atoms with Crippen molar-refractivity contribution in [3.63, 3.8) is 0 Å². The number of rotatable bonds is 13. The molecule has 3 amide bonds. The van der Waals surface area contributed by atoms with Crippen molar-refractivity contribution in [3.05, 3.63) is 49.6 Å². The van der Waals surface area contributed by atoms with Crippen LogP contribution in [-0.2, 0) is 25.8 Å². The summed E-state index contributed by atoms with van der Waals surface area (Å²) in [6.45, 7) is 14.3. The molecule has 5 rings (SSSR count). The summed E-state index contributed by atoms with van der Waals surface area (Å²) >= 11 is 3.75. The number of halogens is 1. The van der Waals surface area contributed by atoms with Crippen molar-refractivity contribution in [1.29, 1.82) is 0 Å². The van der Waals surface area contributed by atoms with Crippen LogP contribution >= 0.6 is 15.9 Å². The first-order valence-electron chi connectivity index (χ1n) is 15.0. The number of aliphatic hydroxyl groups excluding tert-OH is 1. The fourth-order valence-corrected chi connectivity index (χ4v) is 8.21. The number of benzene rings is 1. The van der Waals surface area contributed by atoms with Crippen LogP contribution in [0.5, 0.6) is 0 Å². The summed E-state index contributed by atoms with van der Waals surface area (Å²) in [6, 6.07) is 5.78. The van der Waals surface area contributed by atoms with E-state index in [0.29, 0.717) is 25.0 Å². The van der Waals surface area contributed by atoms with Crippen molar-refractivity contribution in [2.75, 3.05) is 26.2 Å². The molecule has 3 unspecified atom stereocenters. The number of hydrogen-bond donors (Lipinski definition) is 1. The maximum Gasteiger partial charge on any atom is 0.250 e. The average molecular weight is 658 g/mol. The van der Waals surface area contributed by atoms with Gasteiger partial charge >= 0.3 is 0 Å². The van der Waals surface area contributed by atoms with Crippen LogP contribution in [0.2, 0.25) is 0 Å². The van der Waals surface area contributed by atoms with Crippen LogP contribution in [-0.4, -0.2) is 107 Å². The molecule has 12 heteroatoms. The Morgan fingerprint density at radius 1 is 1.21 bits per heavy atom. The van der Waals surface area contributed by atoms with E-state index < -0.39 is 35.6 Å². The van der Waals surface area contributed by atoms with Crippen LogP contribution in [0.25, 0.3) is 11.0 Å². The van der Waals surface area contributed by atoms with Crippen LogP contribution in [0, 0.1) is 17.8 Å². The molecule has 232 valence electrons. The Labute approximate surface area is 260 Å². The van der Waals surface area contributed by atoms with Crippen molar-refractivity contribution >= 4 is 44.7 Å². The minimum atomic E-state index is -1.24.